The zero-order valence-electron chi connectivity index (χ0n) is 31.2. The van der Waals surface area contributed by atoms with Crippen LogP contribution in [0.5, 0.6) is 11.5 Å². The molecule has 0 heterocycles. The van der Waals surface area contributed by atoms with Gasteiger partial charge in [-0.1, -0.05) is 141 Å². The van der Waals surface area contributed by atoms with Crippen LogP contribution in [0.4, 0.5) is 0 Å². The molecule has 53 heavy (non-hydrogen) atoms. The van der Waals surface area contributed by atoms with Crippen LogP contribution in [0.3, 0.4) is 0 Å². The summed E-state index contributed by atoms with van der Waals surface area (Å²) in [6.07, 6.45) is 15.4. The molecular weight excluding hydrogens is 657 g/mol. The second-order valence-electron chi connectivity index (χ2n) is 14.0. The summed E-state index contributed by atoms with van der Waals surface area (Å²) < 4.78 is 12.5. The van der Waals surface area contributed by atoms with Crippen molar-refractivity contribution in [2.75, 3.05) is 0 Å². The summed E-state index contributed by atoms with van der Waals surface area (Å²) in [6, 6.07) is 32.8. The molecular formula is C47H54N2O4. The van der Waals surface area contributed by atoms with Gasteiger partial charge in [-0.2, -0.15) is 0 Å². The Morgan fingerprint density at radius 3 is 2.04 bits per heavy atom. The normalized spacial score (nSPS) is 17.9. The summed E-state index contributed by atoms with van der Waals surface area (Å²) >= 11 is 0. The standard InChI is InChI=1S/C47H54N2O4/c1-3-4-23-39(34(2)52-32-35-17-7-5-8-18-35)41-25-15-21-37(46(41)50)30-48-43-27-12-13-28-44(43)49-31-38-22-16-26-42(47(38)51)40-24-11-14-29-45(40)53-33-36-19-9-6-10-20-36/h4-11,15-26,43-44,48-51H,3,12-14,27-33H2,1-2H3/b23-4-,39-34-/t43?,44-/m1/s1. The van der Waals surface area contributed by atoms with Crippen LogP contribution in [0, 0.1) is 0 Å². The molecule has 2 atom stereocenters. The first kappa shape index (κ1) is 37.7. The van der Waals surface area contributed by atoms with Crippen molar-refractivity contribution in [3.63, 3.8) is 0 Å². The minimum atomic E-state index is 0.227. The van der Waals surface area contributed by atoms with E-state index in [1.165, 1.54) is 0 Å². The van der Waals surface area contributed by atoms with Crippen LogP contribution in [0.15, 0.2) is 133 Å². The number of nitrogens with one attached hydrogen (secondary N) is 2. The maximum atomic E-state index is 11.6. The van der Waals surface area contributed by atoms with Gasteiger partial charge in [0.15, 0.2) is 0 Å². The number of rotatable bonds is 16. The largest absolute Gasteiger partial charge is 0.507 e. The highest BCUT2D eigenvalue weighted by Crippen LogP contribution is 2.36. The van der Waals surface area contributed by atoms with Gasteiger partial charge in [0.1, 0.15) is 36.2 Å². The van der Waals surface area contributed by atoms with Gasteiger partial charge in [0.25, 0.3) is 0 Å². The second kappa shape index (κ2) is 19.2. The Morgan fingerprint density at radius 1 is 0.755 bits per heavy atom. The fourth-order valence-corrected chi connectivity index (χ4v) is 7.26. The van der Waals surface area contributed by atoms with Crippen molar-refractivity contribution in [1.29, 1.82) is 0 Å². The summed E-state index contributed by atoms with van der Waals surface area (Å²) in [5, 5.41) is 30.7. The maximum Gasteiger partial charge on any atom is 0.128 e. The Hall–Kier alpha value is -5.04. The monoisotopic (exact) mass is 710 g/mol. The lowest BCUT2D eigenvalue weighted by Gasteiger charge is -2.33. The summed E-state index contributed by atoms with van der Waals surface area (Å²) in [7, 11) is 0. The molecule has 276 valence electrons. The molecule has 0 bridgehead atoms. The molecule has 4 aromatic rings. The van der Waals surface area contributed by atoms with Crippen LogP contribution in [-0.4, -0.2) is 22.3 Å². The van der Waals surface area contributed by atoms with Crippen LogP contribution in [0.1, 0.15) is 92.2 Å². The molecule has 0 aliphatic heterocycles. The van der Waals surface area contributed by atoms with E-state index >= 15 is 0 Å². The van der Waals surface area contributed by atoms with E-state index < -0.39 is 0 Å². The molecule has 2 aliphatic rings. The van der Waals surface area contributed by atoms with E-state index in [4.69, 9.17) is 9.47 Å². The van der Waals surface area contributed by atoms with Crippen molar-refractivity contribution in [2.45, 2.75) is 97.2 Å². The van der Waals surface area contributed by atoms with Crippen LogP contribution < -0.4 is 10.6 Å². The van der Waals surface area contributed by atoms with Crippen LogP contribution in [-0.2, 0) is 35.8 Å². The molecule has 4 aromatic carbocycles. The predicted molar refractivity (Wildman–Crippen MR) is 216 cm³/mol. The van der Waals surface area contributed by atoms with Gasteiger partial charge < -0.3 is 30.3 Å². The average Bonchev–Trinajstić information content (AvgIpc) is 3.20. The van der Waals surface area contributed by atoms with Crippen molar-refractivity contribution in [3.8, 4) is 11.5 Å². The lowest BCUT2D eigenvalue weighted by atomic mass is 9.89. The van der Waals surface area contributed by atoms with E-state index in [1.54, 1.807) is 0 Å². The Morgan fingerprint density at radius 2 is 1.38 bits per heavy atom. The zero-order chi connectivity index (χ0) is 36.8. The fourth-order valence-electron chi connectivity index (χ4n) is 7.26. The summed E-state index contributed by atoms with van der Waals surface area (Å²) in [4.78, 5) is 0. The van der Waals surface area contributed by atoms with E-state index in [0.717, 1.165) is 101 Å². The smallest absolute Gasteiger partial charge is 0.128 e. The van der Waals surface area contributed by atoms with Gasteiger partial charge in [-0.25, -0.2) is 0 Å². The molecule has 6 rings (SSSR count). The lowest BCUT2D eigenvalue weighted by Crippen LogP contribution is -2.49. The topological polar surface area (TPSA) is 83.0 Å². The Balaban J connectivity index is 1.12. The third-order valence-electron chi connectivity index (χ3n) is 10.3. The van der Waals surface area contributed by atoms with Crippen LogP contribution in [0.2, 0.25) is 0 Å². The molecule has 0 spiro atoms. The number of allylic oxidation sites excluding steroid dienone is 8. The van der Waals surface area contributed by atoms with Gasteiger partial charge in [0, 0.05) is 65.0 Å². The third-order valence-corrected chi connectivity index (χ3v) is 10.3. The summed E-state index contributed by atoms with van der Waals surface area (Å²) in [5.74, 6) is 2.26. The SMILES string of the molecule is CC/C=C\C(=C(/C)OCc1ccccc1)c1cccc(CNC2CCCC[C@H]2NCc2cccc(C3=C(OCc4ccccc4)CCC=C3)c2O)c1O. The first-order valence-corrected chi connectivity index (χ1v) is 19.2. The molecule has 2 aliphatic carbocycles. The maximum absolute atomic E-state index is 11.6. The molecule has 6 nitrogen and oxygen atoms in total. The van der Waals surface area contributed by atoms with Crippen molar-refractivity contribution < 1.29 is 19.7 Å². The molecule has 0 radical (unpaired) electrons. The highest BCUT2D eigenvalue weighted by molar-refractivity contribution is 5.81. The van der Waals surface area contributed by atoms with Gasteiger partial charge in [-0.15, -0.1) is 0 Å². The number of phenolic OH excluding ortho intramolecular Hbond substituents is 2. The third kappa shape index (κ3) is 10.1. The fraction of sp³-hybridized carbons (Fsp3) is 0.319. The van der Waals surface area contributed by atoms with Gasteiger partial charge >= 0.3 is 0 Å². The molecule has 1 fully saturated rings. The predicted octanol–water partition coefficient (Wildman–Crippen LogP) is 10.5. The van der Waals surface area contributed by atoms with E-state index in [9.17, 15) is 10.2 Å². The van der Waals surface area contributed by atoms with E-state index in [2.05, 4.69) is 66.1 Å². The molecule has 4 N–H and O–H groups in total. The Bertz CT molecular complexity index is 1910. The van der Waals surface area contributed by atoms with Gasteiger partial charge in [-0.05, 0) is 43.7 Å². The number of phenols is 2. The number of hydrogen-bond acceptors (Lipinski definition) is 6. The van der Waals surface area contributed by atoms with Crippen molar-refractivity contribution >= 4 is 11.1 Å². The van der Waals surface area contributed by atoms with Gasteiger partial charge in [0.05, 0.1) is 0 Å². The average molecular weight is 711 g/mol. The van der Waals surface area contributed by atoms with E-state index in [0.29, 0.717) is 32.1 Å². The highest BCUT2D eigenvalue weighted by atomic mass is 16.5. The van der Waals surface area contributed by atoms with Crippen molar-refractivity contribution in [2.24, 2.45) is 0 Å². The number of aromatic hydroxyl groups is 2. The van der Waals surface area contributed by atoms with E-state index in [1.807, 2.05) is 79.7 Å². The lowest BCUT2D eigenvalue weighted by molar-refractivity contribution is 0.190. The zero-order valence-corrected chi connectivity index (χ0v) is 31.2. The molecule has 0 saturated heterocycles. The summed E-state index contributed by atoms with van der Waals surface area (Å²) in [5.41, 5.74) is 7.36. The quantitative estimate of drug-likeness (QED) is 0.0685. The Labute approximate surface area is 315 Å². The number of hydrogen-bond donors (Lipinski definition) is 4. The number of benzene rings is 4. The van der Waals surface area contributed by atoms with Crippen molar-refractivity contribution in [1.82, 2.24) is 10.6 Å². The number of ether oxygens (including phenoxy) is 2. The van der Waals surface area contributed by atoms with Gasteiger partial charge in [-0.3, -0.25) is 0 Å². The molecule has 0 aromatic heterocycles. The molecule has 6 heteroatoms. The first-order valence-electron chi connectivity index (χ1n) is 19.2. The molecule has 1 saturated carbocycles. The first-order chi connectivity index (χ1) is 26.0. The molecule has 0 amide bonds. The minimum absolute atomic E-state index is 0.227. The highest BCUT2D eigenvalue weighted by Gasteiger charge is 2.26. The Kier molecular flexibility index (Phi) is 13.6. The number of para-hydroxylation sites is 2. The van der Waals surface area contributed by atoms with E-state index in [-0.39, 0.29) is 17.8 Å². The minimum Gasteiger partial charge on any atom is -0.507 e. The summed E-state index contributed by atoms with van der Waals surface area (Å²) in [6.45, 7) is 6.15. The van der Waals surface area contributed by atoms with Crippen molar-refractivity contribution in [3.05, 3.63) is 166 Å². The van der Waals surface area contributed by atoms with Gasteiger partial charge in [0.2, 0.25) is 0 Å². The van der Waals surface area contributed by atoms with Crippen LogP contribution >= 0.6 is 0 Å². The second-order valence-corrected chi connectivity index (χ2v) is 14.0. The molecule has 1 unspecified atom stereocenters. The van der Waals surface area contributed by atoms with Crippen LogP contribution in [0.25, 0.3) is 11.1 Å².